The Morgan fingerprint density at radius 3 is 2.34 bits per heavy atom. The molecule has 2 amide bonds. The molecule has 156 valence electrons. The molecule has 7 heteroatoms. The first-order valence-corrected chi connectivity index (χ1v) is 10.7. The van der Waals surface area contributed by atoms with Crippen LogP contribution in [0.15, 0.2) is 41.8 Å². The summed E-state index contributed by atoms with van der Waals surface area (Å²) in [5.74, 6) is -1.04. The van der Waals surface area contributed by atoms with Gasteiger partial charge in [0.15, 0.2) is 6.61 Å². The smallest absolute Gasteiger partial charge is 0.338 e. The molecule has 6 nitrogen and oxygen atoms in total. The molecule has 2 atom stereocenters. The average Bonchev–Trinajstić information content (AvgIpc) is 3.27. The van der Waals surface area contributed by atoms with Crippen LogP contribution in [0.1, 0.15) is 60.6 Å². The normalized spacial score (nSPS) is 12.7. The third-order valence-corrected chi connectivity index (χ3v) is 5.72. The maximum Gasteiger partial charge on any atom is 0.338 e. The van der Waals surface area contributed by atoms with Gasteiger partial charge in [-0.1, -0.05) is 26.0 Å². The number of ether oxygens (including phenoxy) is 1. The van der Waals surface area contributed by atoms with Crippen molar-refractivity contribution in [2.24, 2.45) is 0 Å². The van der Waals surface area contributed by atoms with Gasteiger partial charge in [-0.15, -0.1) is 11.3 Å². The van der Waals surface area contributed by atoms with Crippen LogP contribution in [-0.4, -0.2) is 41.4 Å². The first kappa shape index (κ1) is 22.6. The molecule has 0 unspecified atom stereocenters. The molecule has 0 saturated heterocycles. The van der Waals surface area contributed by atoms with Crippen LogP contribution >= 0.6 is 11.3 Å². The molecule has 0 bridgehead atoms. The van der Waals surface area contributed by atoms with Crippen molar-refractivity contribution in [3.63, 3.8) is 0 Å². The lowest BCUT2D eigenvalue weighted by molar-refractivity contribution is -0.139. The number of anilines is 1. The molecule has 2 rings (SSSR count). The molecule has 0 aliphatic carbocycles. The van der Waals surface area contributed by atoms with Crippen LogP contribution in [0.2, 0.25) is 0 Å². The molecule has 1 N–H and O–H groups in total. The fourth-order valence-electron chi connectivity index (χ4n) is 2.93. The lowest BCUT2D eigenvalue weighted by atomic mass is 10.1. The first-order valence-electron chi connectivity index (χ1n) is 9.80. The number of amides is 2. The van der Waals surface area contributed by atoms with Gasteiger partial charge in [-0.3, -0.25) is 9.59 Å². The van der Waals surface area contributed by atoms with E-state index in [9.17, 15) is 14.4 Å². The molecular weight excluding hydrogens is 388 g/mol. The van der Waals surface area contributed by atoms with E-state index in [4.69, 9.17) is 4.74 Å². The van der Waals surface area contributed by atoms with Gasteiger partial charge in [-0.2, -0.15) is 0 Å². The average molecular weight is 417 g/mol. The Hall–Kier alpha value is -2.67. The SMILES string of the molecule is CC[C@@H](C)N(C(=O)COC(=O)c1cccc(NC(=O)c2cccs2)c1)[C@@H](C)CC. The minimum Gasteiger partial charge on any atom is -0.452 e. The zero-order valence-electron chi connectivity index (χ0n) is 17.3. The van der Waals surface area contributed by atoms with Crippen LogP contribution in [0.3, 0.4) is 0 Å². The van der Waals surface area contributed by atoms with Crippen LogP contribution in [0.25, 0.3) is 0 Å². The minimum absolute atomic E-state index is 0.0759. The van der Waals surface area contributed by atoms with Gasteiger partial charge in [0.1, 0.15) is 0 Å². The molecule has 0 fully saturated rings. The van der Waals surface area contributed by atoms with Crippen LogP contribution < -0.4 is 5.32 Å². The molecule has 29 heavy (non-hydrogen) atoms. The van der Waals surface area contributed by atoms with Gasteiger partial charge in [-0.05, 0) is 56.3 Å². The largest absolute Gasteiger partial charge is 0.452 e. The van der Waals surface area contributed by atoms with E-state index in [2.05, 4.69) is 5.32 Å². The zero-order valence-corrected chi connectivity index (χ0v) is 18.1. The number of nitrogens with one attached hydrogen (secondary N) is 1. The lowest BCUT2D eigenvalue weighted by Crippen LogP contribution is -2.46. The number of esters is 1. The lowest BCUT2D eigenvalue weighted by Gasteiger charge is -2.33. The molecule has 0 radical (unpaired) electrons. The molecular formula is C22H28N2O4S. The predicted molar refractivity (Wildman–Crippen MR) is 115 cm³/mol. The van der Waals surface area contributed by atoms with Crippen molar-refractivity contribution >= 4 is 34.8 Å². The monoisotopic (exact) mass is 416 g/mol. The Bertz CT molecular complexity index is 825. The summed E-state index contributed by atoms with van der Waals surface area (Å²) in [4.78, 5) is 39.6. The van der Waals surface area contributed by atoms with Crippen molar-refractivity contribution in [3.8, 4) is 0 Å². The Morgan fingerprint density at radius 1 is 1.07 bits per heavy atom. The van der Waals surface area contributed by atoms with Crippen LogP contribution in [0.5, 0.6) is 0 Å². The summed E-state index contributed by atoms with van der Waals surface area (Å²) in [7, 11) is 0. The highest BCUT2D eigenvalue weighted by Gasteiger charge is 2.24. The van der Waals surface area contributed by atoms with Gasteiger partial charge in [0, 0.05) is 17.8 Å². The zero-order chi connectivity index (χ0) is 21.4. The van der Waals surface area contributed by atoms with E-state index in [1.165, 1.54) is 11.3 Å². The Kier molecular flexibility index (Phi) is 8.39. The summed E-state index contributed by atoms with van der Waals surface area (Å²) >= 11 is 1.34. The second-order valence-corrected chi connectivity index (χ2v) is 7.85. The van der Waals surface area contributed by atoms with Gasteiger partial charge >= 0.3 is 5.97 Å². The van der Waals surface area contributed by atoms with Gasteiger partial charge in [0.2, 0.25) is 0 Å². The van der Waals surface area contributed by atoms with E-state index < -0.39 is 5.97 Å². The maximum absolute atomic E-state index is 12.6. The summed E-state index contributed by atoms with van der Waals surface area (Å²) in [5, 5.41) is 4.58. The topological polar surface area (TPSA) is 75.7 Å². The van der Waals surface area contributed by atoms with Gasteiger partial charge in [-0.25, -0.2) is 4.79 Å². The summed E-state index contributed by atoms with van der Waals surface area (Å²) in [6, 6.07) is 10.2. The summed E-state index contributed by atoms with van der Waals surface area (Å²) < 4.78 is 5.25. The van der Waals surface area contributed by atoms with Crippen molar-refractivity contribution < 1.29 is 19.1 Å². The maximum atomic E-state index is 12.6. The van der Waals surface area contributed by atoms with Crippen molar-refractivity contribution in [2.75, 3.05) is 11.9 Å². The molecule has 1 aromatic heterocycles. The van der Waals surface area contributed by atoms with E-state index in [0.29, 0.717) is 10.6 Å². The third-order valence-electron chi connectivity index (χ3n) is 4.85. The molecule has 1 aromatic carbocycles. The second-order valence-electron chi connectivity index (χ2n) is 6.90. The summed E-state index contributed by atoms with van der Waals surface area (Å²) in [5.41, 5.74) is 0.769. The highest BCUT2D eigenvalue weighted by atomic mass is 32.1. The highest BCUT2D eigenvalue weighted by Crippen LogP contribution is 2.16. The van der Waals surface area contributed by atoms with Crippen LogP contribution in [0, 0.1) is 0 Å². The van der Waals surface area contributed by atoms with Gasteiger partial charge < -0.3 is 15.0 Å². The molecule has 1 heterocycles. The fourth-order valence-corrected chi connectivity index (χ4v) is 3.55. The minimum atomic E-state index is -0.598. The summed E-state index contributed by atoms with van der Waals surface area (Å²) in [6.45, 7) is 7.72. The Morgan fingerprint density at radius 2 is 1.76 bits per heavy atom. The van der Waals surface area contributed by atoms with Crippen LogP contribution in [0.4, 0.5) is 5.69 Å². The second kappa shape index (κ2) is 10.8. The number of hydrogen-bond donors (Lipinski definition) is 1. The third kappa shape index (κ3) is 6.15. The Labute approximate surface area is 175 Å². The summed E-state index contributed by atoms with van der Waals surface area (Å²) in [6.07, 6.45) is 1.66. The van der Waals surface area contributed by atoms with Gasteiger partial charge in [0.05, 0.1) is 10.4 Å². The Balaban J connectivity index is 2.00. The van der Waals surface area contributed by atoms with E-state index in [1.54, 1.807) is 41.3 Å². The van der Waals surface area contributed by atoms with E-state index >= 15 is 0 Å². The van der Waals surface area contributed by atoms with Crippen LogP contribution in [-0.2, 0) is 9.53 Å². The number of carbonyl (C=O) groups is 3. The number of benzene rings is 1. The van der Waals surface area contributed by atoms with Crippen molar-refractivity contribution in [1.29, 1.82) is 0 Å². The van der Waals surface area contributed by atoms with E-state index in [0.717, 1.165) is 12.8 Å². The van der Waals surface area contributed by atoms with Crippen molar-refractivity contribution in [2.45, 2.75) is 52.6 Å². The number of carbonyl (C=O) groups excluding carboxylic acids is 3. The molecule has 2 aromatic rings. The number of nitrogens with zero attached hydrogens (tertiary/aromatic N) is 1. The quantitative estimate of drug-likeness (QED) is 0.607. The van der Waals surface area contributed by atoms with E-state index in [-0.39, 0.29) is 36.1 Å². The highest BCUT2D eigenvalue weighted by molar-refractivity contribution is 7.12. The van der Waals surface area contributed by atoms with Gasteiger partial charge in [0.25, 0.3) is 11.8 Å². The molecule has 0 saturated carbocycles. The van der Waals surface area contributed by atoms with Crippen molar-refractivity contribution in [3.05, 3.63) is 52.2 Å². The number of hydrogen-bond acceptors (Lipinski definition) is 5. The van der Waals surface area contributed by atoms with E-state index in [1.807, 2.05) is 33.1 Å². The molecule has 0 aliphatic heterocycles. The van der Waals surface area contributed by atoms with Crippen molar-refractivity contribution in [1.82, 2.24) is 4.90 Å². The fraction of sp³-hybridized carbons (Fsp3) is 0.409. The standard InChI is InChI=1S/C22H28N2O4S/c1-5-15(3)24(16(4)6-2)20(25)14-28-22(27)17-9-7-10-18(13-17)23-21(26)19-11-8-12-29-19/h7-13,15-16H,5-6,14H2,1-4H3,(H,23,26)/t15-,16+. The number of thiophene rings is 1. The predicted octanol–water partition coefficient (Wildman–Crippen LogP) is 4.58. The first-order chi connectivity index (χ1) is 13.9. The molecule has 0 aliphatic rings. The number of rotatable bonds is 9. The molecule has 0 spiro atoms.